The molecule has 0 amide bonds. The molecule has 2 atom stereocenters. The SMILES string of the molecule is CCC(C)(C)c1ccc([C@H]2OC(=O)C[C@@H]2C(=O)CCCCc2ccc(C)cc2)cc1. The first-order valence-electron chi connectivity index (χ1n) is 11.2. The van der Waals surface area contributed by atoms with Crippen LogP contribution in [0.25, 0.3) is 0 Å². The Morgan fingerprint density at radius 1 is 1.03 bits per heavy atom. The zero-order valence-electron chi connectivity index (χ0n) is 18.7. The number of hydrogen-bond donors (Lipinski definition) is 0. The van der Waals surface area contributed by atoms with Gasteiger partial charge in [0, 0.05) is 6.42 Å². The van der Waals surface area contributed by atoms with Crippen LogP contribution in [0.3, 0.4) is 0 Å². The minimum Gasteiger partial charge on any atom is -0.457 e. The molecule has 0 N–H and O–H groups in total. The molecule has 3 rings (SSSR count). The second kappa shape index (κ2) is 9.59. The van der Waals surface area contributed by atoms with E-state index in [-0.39, 0.29) is 29.5 Å². The van der Waals surface area contributed by atoms with E-state index in [1.165, 1.54) is 16.7 Å². The number of hydrogen-bond acceptors (Lipinski definition) is 3. The first-order valence-corrected chi connectivity index (χ1v) is 11.2. The summed E-state index contributed by atoms with van der Waals surface area (Å²) in [6.07, 6.45) is 4.10. The van der Waals surface area contributed by atoms with Crippen LogP contribution < -0.4 is 0 Å². The average Bonchev–Trinajstić information content (AvgIpc) is 3.14. The normalized spacial score (nSPS) is 19.0. The van der Waals surface area contributed by atoms with E-state index < -0.39 is 6.10 Å². The Bertz CT molecular complexity index is 862. The second-order valence-electron chi connectivity index (χ2n) is 9.24. The predicted octanol–water partition coefficient (Wildman–Crippen LogP) is 6.27. The first-order chi connectivity index (χ1) is 14.3. The van der Waals surface area contributed by atoms with Crippen LogP contribution in [0.2, 0.25) is 0 Å². The molecule has 1 heterocycles. The molecular weight excluding hydrogens is 372 g/mol. The van der Waals surface area contributed by atoms with Gasteiger partial charge >= 0.3 is 5.97 Å². The first kappa shape index (κ1) is 22.3. The van der Waals surface area contributed by atoms with Crippen LogP contribution in [-0.2, 0) is 26.2 Å². The molecule has 30 heavy (non-hydrogen) atoms. The van der Waals surface area contributed by atoms with Crippen LogP contribution in [0, 0.1) is 12.8 Å². The Morgan fingerprint density at radius 2 is 1.70 bits per heavy atom. The summed E-state index contributed by atoms with van der Waals surface area (Å²) in [5, 5.41) is 0. The van der Waals surface area contributed by atoms with Gasteiger partial charge in [-0.1, -0.05) is 74.9 Å². The van der Waals surface area contributed by atoms with Crippen LogP contribution in [0.5, 0.6) is 0 Å². The summed E-state index contributed by atoms with van der Waals surface area (Å²) in [4.78, 5) is 24.9. The fourth-order valence-electron chi connectivity index (χ4n) is 4.04. The van der Waals surface area contributed by atoms with Crippen LogP contribution >= 0.6 is 0 Å². The summed E-state index contributed by atoms with van der Waals surface area (Å²) in [5.74, 6) is -0.481. The van der Waals surface area contributed by atoms with Gasteiger partial charge in [-0.2, -0.15) is 0 Å². The molecule has 0 spiro atoms. The molecule has 0 saturated carbocycles. The lowest BCUT2D eigenvalue weighted by Gasteiger charge is -2.24. The molecule has 3 nitrogen and oxygen atoms in total. The Hall–Kier alpha value is -2.42. The molecule has 160 valence electrons. The van der Waals surface area contributed by atoms with Crippen molar-refractivity contribution in [3.8, 4) is 0 Å². The van der Waals surface area contributed by atoms with Gasteiger partial charge in [-0.25, -0.2) is 0 Å². The van der Waals surface area contributed by atoms with Crippen molar-refractivity contribution in [3.05, 3.63) is 70.8 Å². The molecule has 1 fully saturated rings. The second-order valence-corrected chi connectivity index (χ2v) is 9.24. The molecule has 3 heteroatoms. The van der Waals surface area contributed by atoms with E-state index in [1.54, 1.807) is 0 Å². The number of unbranched alkanes of at least 4 members (excludes halogenated alkanes) is 1. The third-order valence-corrected chi connectivity index (χ3v) is 6.59. The smallest absolute Gasteiger partial charge is 0.307 e. The number of esters is 1. The molecule has 0 unspecified atom stereocenters. The van der Waals surface area contributed by atoms with Gasteiger partial charge < -0.3 is 4.74 Å². The maximum atomic E-state index is 12.9. The summed E-state index contributed by atoms with van der Waals surface area (Å²) in [6.45, 7) is 8.71. The van der Waals surface area contributed by atoms with E-state index in [0.29, 0.717) is 6.42 Å². The van der Waals surface area contributed by atoms with Gasteiger partial charge in [-0.05, 0) is 54.7 Å². The number of Topliss-reactive ketones (excluding diaryl/α,β-unsaturated/α-hetero) is 1. The number of aryl methyl sites for hydroxylation is 2. The minimum absolute atomic E-state index is 0.109. The van der Waals surface area contributed by atoms with Gasteiger partial charge in [0.1, 0.15) is 11.9 Å². The van der Waals surface area contributed by atoms with E-state index in [9.17, 15) is 9.59 Å². The molecule has 1 aliphatic heterocycles. The van der Waals surface area contributed by atoms with Crippen molar-refractivity contribution in [2.75, 3.05) is 0 Å². The summed E-state index contributed by atoms with van der Waals surface area (Å²) < 4.78 is 5.56. The van der Waals surface area contributed by atoms with Crippen LogP contribution in [0.1, 0.15) is 81.2 Å². The fourth-order valence-corrected chi connectivity index (χ4v) is 4.04. The molecule has 2 aromatic rings. The third-order valence-electron chi connectivity index (χ3n) is 6.59. The quantitative estimate of drug-likeness (QED) is 0.364. The highest BCUT2D eigenvalue weighted by molar-refractivity contribution is 5.88. The molecule has 0 aliphatic carbocycles. The lowest BCUT2D eigenvalue weighted by Crippen LogP contribution is -2.19. The Balaban J connectivity index is 1.57. The largest absolute Gasteiger partial charge is 0.457 e. The number of carbonyl (C=O) groups excluding carboxylic acids is 2. The van der Waals surface area contributed by atoms with Crippen molar-refractivity contribution in [3.63, 3.8) is 0 Å². The number of carbonyl (C=O) groups is 2. The molecule has 0 aromatic heterocycles. The average molecular weight is 407 g/mol. The van der Waals surface area contributed by atoms with Gasteiger partial charge in [-0.3, -0.25) is 9.59 Å². The third kappa shape index (κ3) is 5.38. The lowest BCUT2D eigenvalue weighted by atomic mass is 9.81. The van der Waals surface area contributed by atoms with Crippen molar-refractivity contribution in [2.45, 2.75) is 77.7 Å². The predicted molar refractivity (Wildman–Crippen MR) is 120 cm³/mol. The van der Waals surface area contributed by atoms with Crippen molar-refractivity contribution in [2.24, 2.45) is 5.92 Å². The topological polar surface area (TPSA) is 43.4 Å². The van der Waals surface area contributed by atoms with E-state index in [4.69, 9.17) is 4.74 Å². The standard InChI is InChI=1S/C27H34O3/c1-5-27(3,4)22-16-14-21(15-17-22)26-23(18-25(29)30-26)24(28)9-7-6-8-20-12-10-19(2)11-13-20/h10-17,23,26H,5-9,18H2,1-4H3/t23-,26-/m1/s1. The Morgan fingerprint density at radius 3 is 2.33 bits per heavy atom. The highest BCUT2D eigenvalue weighted by atomic mass is 16.6. The maximum Gasteiger partial charge on any atom is 0.307 e. The zero-order valence-corrected chi connectivity index (χ0v) is 18.7. The van der Waals surface area contributed by atoms with E-state index in [1.807, 2.05) is 12.1 Å². The van der Waals surface area contributed by atoms with Crippen molar-refractivity contribution >= 4 is 11.8 Å². The van der Waals surface area contributed by atoms with Gasteiger partial charge in [0.15, 0.2) is 0 Å². The van der Waals surface area contributed by atoms with E-state index in [2.05, 4.69) is 64.1 Å². The molecule has 1 aliphatic rings. The molecule has 1 saturated heterocycles. The number of ketones is 1. The van der Waals surface area contributed by atoms with Gasteiger partial charge in [0.05, 0.1) is 12.3 Å². The zero-order chi connectivity index (χ0) is 21.7. The molecule has 0 radical (unpaired) electrons. The number of rotatable bonds is 9. The van der Waals surface area contributed by atoms with Crippen molar-refractivity contribution in [1.29, 1.82) is 0 Å². The summed E-state index contributed by atoms with van der Waals surface area (Å²) in [7, 11) is 0. The van der Waals surface area contributed by atoms with Crippen molar-refractivity contribution in [1.82, 2.24) is 0 Å². The number of cyclic esters (lactones) is 1. The van der Waals surface area contributed by atoms with Crippen LogP contribution in [0.4, 0.5) is 0 Å². The van der Waals surface area contributed by atoms with Gasteiger partial charge in [-0.15, -0.1) is 0 Å². The lowest BCUT2D eigenvalue weighted by molar-refractivity contribution is -0.141. The number of benzene rings is 2. The summed E-state index contributed by atoms with van der Waals surface area (Å²) in [5.41, 5.74) is 4.86. The fraction of sp³-hybridized carbons (Fsp3) is 0.481. The highest BCUT2D eigenvalue weighted by Crippen LogP contribution is 2.38. The number of ether oxygens (including phenoxy) is 1. The highest BCUT2D eigenvalue weighted by Gasteiger charge is 2.40. The maximum absolute atomic E-state index is 12.9. The summed E-state index contributed by atoms with van der Waals surface area (Å²) >= 11 is 0. The van der Waals surface area contributed by atoms with Gasteiger partial charge in [0.25, 0.3) is 0 Å². The minimum atomic E-state index is -0.444. The molecular formula is C27H34O3. The van der Waals surface area contributed by atoms with E-state index in [0.717, 1.165) is 31.2 Å². The van der Waals surface area contributed by atoms with Crippen LogP contribution in [0.15, 0.2) is 48.5 Å². The van der Waals surface area contributed by atoms with Gasteiger partial charge in [0.2, 0.25) is 0 Å². The monoisotopic (exact) mass is 406 g/mol. The summed E-state index contributed by atoms with van der Waals surface area (Å²) in [6, 6.07) is 16.8. The van der Waals surface area contributed by atoms with Crippen molar-refractivity contribution < 1.29 is 14.3 Å². The molecule has 2 aromatic carbocycles. The molecule has 0 bridgehead atoms. The van der Waals surface area contributed by atoms with Crippen LogP contribution in [-0.4, -0.2) is 11.8 Å². The Kier molecular flexibility index (Phi) is 7.12. The van der Waals surface area contributed by atoms with E-state index >= 15 is 0 Å². The Labute approximate surface area is 180 Å².